The van der Waals surface area contributed by atoms with Crippen LogP contribution in [-0.2, 0) is 0 Å². The van der Waals surface area contributed by atoms with Crippen LogP contribution in [0.3, 0.4) is 0 Å². The second-order valence-electron chi connectivity index (χ2n) is 4.61. The summed E-state index contributed by atoms with van der Waals surface area (Å²) in [6.07, 6.45) is 0. The van der Waals surface area contributed by atoms with Crippen molar-refractivity contribution in [3.8, 4) is 0 Å². The lowest BCUT2D eigenvalue weighted by Crippen LogP contribution is -2.53. The van der Waals surface area contributed by atoms with Crippen molar-refractivity contribution in [1.82, 2.24) is 4.90 Å². The monoisotopic (exact) mass is 266 g/mol. The average Bonchev–Trinajstić information content (AvgIpc) is 2.38. The lowest BCUT2D eigenvalue weighted by molar-refractivity contribution is 0.237. The molecule has 0 bridgehead atoms. The quantitative estimate of drug-likeness (QED) is 0.648. The molecule has 1 aliphatic heterocycles. The Morgan fingerprint density at radius 2 is 1.89 bits per heavy atom. The van der Waals surface area contributed by atoms with Gasteiger partial charge in [0, 0.05) is 26.2 Å². The molecule has 1 heterocycles. The van der Waals surface area contributed by atoms with Crippen molar-refractivity contribution in [3.05, 3.63) is 29.3 Å². The van der Waals surface area contributed by atoms with E-state index in [0.717, 1.165) is 36.9 Å². The zero-order chi connectivity index (χ0) is 13.1. The van der Waals surface area contributed by atoms with E-state index < -0.39 is 0 Å². The minimum absolute atomic E-state index is 0.0263. The van der Waals surface area contributed by atoms with Crippen LogP contribution in [0.15, 0.2) is 24.3 Å². The number of benzene rings is 1. The van der Waals surface area contributed by atoms with Gasteiger partial charge < -0.3 is 10.6 Å². The standard InChI is InChI=1S/C13H19ClN4/c1-10(13(15)16)17-6-8-18(9-7-17)12-5-3-2-4-11(12)14/h2-5,10H,6-9H2,1H3,(H3,15,16). The van der Waals surface area contributed by atoms with Gasteiger partial charge in [0.05, 0.1) is 16.8 Å². The first-order valence-corrected chi connectivity index (χ1v) is 6.55. The number of para-hydroxylation sites is 1. The van der Waals surface area contributed by atoms with Crippen LogP contribution in [0.2, 0.25) is 5.02 Å². The van der Waals surface area contributed by atoms with Gasteiger partial charge in [-0.05, 0) is 19.1 Å². The highest BCUT2D eigenvalue weighted by atomic mass is 35.5. The highest BCUT2D eigenvalue weighted by molar-refractivity contribution is 6.33. The Bertz CT molecular complexity index is 427. The van der Waals surface area contributed by atoms with E-state index in [0.29, 0.717) is 0 Å². The summed E-state index contributed by atoms with van der Waals surface area (Å²) in [5.74, 6) is 0.237. The van der Waals surface area contributed by atoms with Crippen molar-refractivity contribution in [3.63, 3.8) is 0 Å². The van der Waals surface area contributed by atoms with Gasteiger partial charge in [0.15, 0.2) is 0 Å². The smallest absolute Gasteiger partial charge is 0.108 e. The summed E-state index contributed by atoms with van der Waals surface area (Å²) in [5.41, 5.74) is 6.64. The van der Waals surface area contributed by atoms with Crippen LogP contribution in [0, 0.1) is 5.41 Å². The molecule has 1 aromatic carbocycles. The molecular formula is C13H19ClN4. The fraction of sp³-hybridized carbons (Fsp3) is 0.462. The Morgan fingerprint density at radius 1 is 1.28 bits per heavy atom. The van der Waals surface area contributed by atoms with Gasteiger partial charge in [0.1, 0.15) is 5.84 Å². The van der Waals surface area contributed by atoms with Crippen molar-refractivity contribution < 1.29 is 0 Å². The summed E-state index contributed by atoms with van der Waals surface area (Å²) >= 11 is 6.20. The van der Waals surface area contributed by atoms with Gasteiger partial charge in [-0.2, -0.15) is 0 Å². The molecule has 1 atom stereocenters. The molecule has 0 amide bonds. The third-order valence-electron chi connectivity index (χ3n) is 3.51. The zero-order valence-corrected chi connectivity index (χ0v) is 11.3. The molecule has 98 valence electrons. The first kappa shape index (κ1) is 13.2. The Labute approximate surface area is 113 Å². The molecule has 0 spiro atoms. The topological polar surface area (TPSA) is 56.4 Å². The van der Waals surface area contributed by atoms with Crippen molar-refractivity contribution >= 4 is 23.1 Å². The molecule has 3 N–H and O–H groups in total. The first-order chi connectivity index (χ1) is 8.59. The highest BCUT2D eigenvalue weighted by Crippen LogP contribution is 2.26. The van der Waals surface area contributed by atoms with E-state index in [4.69, 9.17) is 22.7 Å². The third kappa shape index (κ3) is 2.76. The molecule has 4 nitrogen and oxygen atoms in total. The van der Waals surface area contributed by atoms with Gasteiger partial charge >= 0.3 is 0 Å². The molecule has 1 unspecified atom stereocenters. The van der Waals surface area contributed by atoms with Crippen LogP contribution in [0.25, 0.3) is 0 Å². The van der Waals surface area contributed by atoms with Crippen LogP contribution in [0.4, 0.5) is 5.69 Å². The summed E-state index contributed by atoms with van der Waals surface area (Å²) in [5, 5.41) is 8.28. The summed E-state index contributed by atoms with van der Waals surface area (Å²) in [6.45, 7) is 5.63. The predicted molar refractivity (Wildman–Crippen MR) is 76.6 cm³/mol. The molecule has 1 fully saturated rings. The van der Waals surface area contributed by atoms with Crippen LogP contribution < -0.4 is 10.6 Å². The van der Waals surface area contributed by atoms with E-state index in [-0.39, 0.29) is 11.9 Å². The number of nitrogens with zero attached hydrogens (tertiary/aromatic N) is 2. The third-order valence-corrected chi connectivity index (χ3v) is 3.82. The molecule has 0 saturated carbocycles. The summed E-state index contributed by atoms with van der Waals surface area (Å²) < 4.78 is 0. The second-order valence-corrected chi connectivity index (χ2v) is 5.01. The van der Waals surface area contributed by atoms with Crippen LogP contribution in [-0.4, -0.2) is 43.0 Å². The Morgan fingerprint density at radius 3 is 2.44 bits per heavy atom. The van der Waals surface area contributed by atoms with Crippen molar-refractivity contribution in [2.75, 3.05) is 31.1 Å². The van der Waals surface area contributed by atoms with E-state index in [1.54, 1.807) is 0 Å². The van der Waals surface area contributed by atoms with E-state index in [2.05, 4.69) is 9.80 Å². The van der Waals surface area contributed by atoms with Gasteiger partial charge in [0.2, 0.25) is 0 Å². The maximum Gasteiger partial charge on any atom is 0.108 e. The minimum Gasteiger partial charge on any atom is -0.386 e. The van der Waals surface area contributed by atoms with Gasteiger partial charge in [-0.3, -0.25) is 10.3 Å². The number of halogens is 1. The summed E-state index contributed by atoms with van der Waals surface area (Å²) in [7, 11) is 0. The average molecular weight is 267 g/mol. The molecule has 1 aliphatic rings. The van der Waals surface area contributed by atoms with Crippen LogP contribution >= 0.6 is 11.6 Å². The fourth-order valence-electron chi connectivity index (χ4n) is 2.26. The number of hydrogen-bond acceptors (Lipinski definition) is 3. The summed E-state index contributed by atoms with van der Waals surface area (Å²) in [4.78, 5) is 4.52. The molecule has 0 aliphatic carbocycles. The lowest BCUT2D eigenvalue weighted by Gasteiger charge is -2.38. The zero-order valence-electron chi connectivity index (χ0n) is 10.6. The first-order valence-electron chi connectivity index (χ1n) is 6.17. The number of anilines is 1. The molecule has 5 heteroatoms. The molecular weight excluding hydrogens is 248 g/mol. The Hall–Kier alpha value is -1.26. The van der Waals surface area contributed by atoms with Crippen molar-refractivity contribution in [2.24, 2.45) is 5.73 Å². The number of amidine groups is 1. The lowest BCUT2D eigenvalue weighted by atomic mass is 10.2. The maximum atomic E-state index is 7.49. The number of rotatable bonds is 3. The molecule has 0 aromatic heterocycles. The normalized spacial score (nSPS) is 18.7. The second kappa shape index (κ2) is 5.59. The van der Waals surface area contributed by atoms with E-state index in [1.807, 2.05) is 31.2 Å². The van der Waals surface area contributed by atoms with E-state index >= 15 is 0 Å². The Kier molecular flexibility index (Phi) is 4.09. The van der Waals surface area contributed by atoms with Crippen molar-refractivity contribution in [2.45, 2.75) is 13.0 Å². The molecule has 1 saturated heterocycles. The Balaban J connectivity index is 1.99. The van der Waals surface area contributed by atoms with Gasteiger partial charge in [-0.25, -0.2) is 0 Å². The largest absolute Gasteiger partial charge is 0.386 e. The van der Waals surface area contributed by atoms with Gasteiger partial charge in [0.25, 0.3) is 0 Å². The molecule has 2 rings (SSSR count). The molecule has 18 heavy (non-hydrogen) atoms. The highest BCUT2D eigenvalue weighted by Gasteiger charge is 2.23. The molecule has 1 aromatic rings. The number of nitrogens with two attached hydrogens (primary N) is 1. The fourth-order valence-corrected chi connectivity index (χ4v) is 2.51. The van der Waals surface area contributed by atoms with Crippen molar-refractivity contribution in [1.29, 1.82) is 5.41 Å². The minimum atomic E-state index is 0.0263. The van der Waals surface area contributed by atoms with Gasteiger partial charge in [-0.15, -0.1) is 0 Å². The van der Waals surface area contributed by atoms with Crippen LogP contribution in [0.5, 0.6) is 0 Å². The molecule has 0 radical (unpaired) electrons. The van der Waals surface area contributed by atoms with Gasteiger partial charge in [-0.1, -0.05) is 23.7 Å². The SMILES string of the molecule is CC(C(=N)N)N1CCN(c2ccccc2Cl)CC1. The van der Waals surface area contributed by atoms with Crippen LogP contribution in [0.1, 0.15) is 6.92 Å². The number of piperazine rings is 1. The number of hydrogen-bond donors (Lipinski definition) is 2. The summed E-state index contributed by atoms with van der Waals surface area (Å²) in [6, 6.07) is 7.94. The van der Waals surface area contributed by atoms with E-state index in [1.165, 1.54) is 0 Å². The predicted octanol–water partition coefficient (Wildman–Crippen LogP) is 1.79. The van der Waals surface area contributed by atoms with E-state index in [9.17, 15) is 0 Å². The maximum absolute atomic E-state index is 7.49. The number of nitrogens with one attached hydrogen (secondary N) is 1.